The number of carbonyl (C=O) groups excluding carboxylic acids is 2. The van der Waals surface area contributed by atoms with Crippen LogP contribution in [0.3, 0.4) is 0 Å². The second-order valence-corrected chi connectivity index (χ2v) is 6.76. The molecule has 2 aromatic rings. The van der Waals surface area contributed by atoms with Crippen LogP contribution in [0, 0.1) is 0 Å². The topological polar surface area (TPSA) is 78.0 Å². The predicted molar refractivity (Wildman–Crippen MR) is 97.6 cm³/mol. The van der Waals surface area contributed by atoms with Gasteiger partial charge < -0.3 is 14.2 Å². The van der Waals surface area contributed by atoms with Crippen molar-refractivity contribution in [3.63, 3.8) is 0 Å². The number of aromatic nitrogens is 1. The van der Waals surface area contributed by atoms with E-state index in [-0.39, 0.29) is 12.5 Å². The second-order valence-electron chi connectivity index (χ2n) is 5.81. The summed E-state index contributed by atoms with van der Waals surface area (Å²) in [6, 6.07) is 5.51. The molecule has 0 radical (unpaired) electrons. The molecule has 138 valence electrons. The van der Waals surface area contributed by atoms with E-state index < -0.39 is 12.1 Å². The van der Waals surface area contributed by atoms with E-state index in [2.05, 4.69) is 4.98 Å². The highest BCUT2D eigenvalue weighted by Gasteiger charge is 2.33. The van der Waals surface area contributed by atoms with Crippen molar-refractivity contribution in [1.82, 2.24) is 4.98 Å². The molecule has 0 N–H and O–H groups in total. The summed E-state index contributed by atoms with van der Waals surface area (Å²) in [4.78, 5) is 30.2. The molecule has 0 fully saturated rings. The first-order valence-electron chi connectivity index (χ1n) is 8.16. The van der Waals surface area contributed by atoms with Gasteiger partial charge in [-0.15, -0.1) is 11.3 Å². The highest BCUT2D eigenvalue weighted by atomic mass is 32.1. The molecule has 1 atom stereocenters. The molecule has 0 spiro atoms. The summed E-state index contributed by atoms with van der Waals surface area (Å²) in [5.74, 6) is -0.210. The van der Waals surface area contributed by atoms with Gasteiger partial charge in [-0.25, -0.2) is 4.98 Å². The lowest BCUT2D eigenvalue weighted by Gasteiger charge is -2.32. The molecule has 0 aliphatic carbocycles. The molecule has 2 heterocycles. The average Bonchev–Trinajstić information content (AvgIpc) is 3.12. The summed E-state index contributed by atoms with van der Waals surface area (Å²) < 4.78 is 15.5. The van der Waals surface area contributed by atoms with Crippen LogP contribution in [0.1, 0.15) is 11.9 Å². The van der Waals surface area contributed by atoms with Gasteiger partial charge in [0.2, 0.25) is 0 Å². The molecule has 0 saturated carbocycles. The molecular formula is C18H20N2O5S. The van der Waals surface area contributed by atoms with Crippen LogP contribution < -0.4 is 9.64 Å². The third-order valence-electron chi connectivity index (χ3n) is 4.05. The zero-order chi connectivity index (χ0) is 18.7. The number of benzene rings is 1. The molecule has 8 heteroatoms. The van der Waals surface area contributed by atoms with Gasteiger partial charge in [-0.05, 0) is 25.1 Å². The Morgan fingerprint density at radius 2 is 2.19 bits per heavy atom. The van der Waals surface area contributed by atoms with Crippen LogP contribution in [0.15, 0.2) is 23.6 Å². The van der Waals surface area contributed by atoms with E-state index in [1.807, 2.05) is 17.5 Å². The number of ether oxygens (including phenoxy) is 3. The fourth-order valence-electron chi connectivity index (χ4n) is 2.67. The maximum absolute atomic E-state index is 12.5. The molecule has 0 saturated heterocycles. The van der Waals surface area contributed by atoms with Crippen LogP contribution in [-0.4, -0.2) is 50.3 Å². The van der Waals surface area contributed by atoms with Crippen LogP contribution >= 0.6 is 11.3 Å². The van der Waals surface area contributed by atoms with Crippen LogP contribution in [0.4, 0.5) is 5.69 Å². The number of amides is 1. The van der Waals surface area contributed by atoms with Gasteiger partial charge in [0.25, 0.3) is 5.91 Å². The number of hydrogen-bond donors (Lipinski definition) is 0. The van der Waals surface area contributed by atoms with E-state index in [4.69, 9.17) is 14.2 Å². The van der Waals surface area contributed by atoms with Gasteiger partial charge in [0.15, 0.2) is 6.10 Å². The quantitative estimate of drug-likeness (QED) is 0.720. The molecule has 0 bridgehead atoms. The third-order valence-corrected chi connectivity index (χ3v) is 4.96. The summed E-state index contributed by atoms with van der Waals surface area (Å²) in [5.41, 5.74) is 2.21. The molecule has 1 aromatic heterocycles. The molecule has 3 rings (SSSR count). The molecule has 1 aromatic carbocycles. The monoisotopic (exact) mass is 376 g/mol. The highest BCUT2D eigenvalue weighted by Crippen LogP contribution is 2.37. The highest BCUT2D eigenvalue weighted by molar-refractivity contribution is 7.09. The molecule has 1 unspecified atom stereocenters. The van der Waals surface area contributed by atoms with Crippen molar-refractivity contribution in [2.75, 3.05) is 32.3 Å². The van der Waals surface area contributed by atoms with Crippen LogP contribution in [-0.2, 0) is 25.5 Å². The number of nitrogens with zero attached hydrogens (tertiary/aromatic N) is 2. The molecule has 26 heavy (non-hydrogen) atoms. The minimum absolute atomic E-state index is 0.157. The van der Waals surface area contributed by atoms with E-state index >= 15 is 0 Å². The van der Waals surface area contributed by atoms with E-state index in [0.717, 1.165) is 22.7 Å². The van der Waals surface area contributed by atoms with Gasteiger partial charge in [0.05, 0.1) is 30.1 Å². The minimum atomic E-state index is -0.655. The normalized spacial score (nSPS) is 16.2. The second kappa shape index (κ2) is 7.84. The van der Waals surface area contributed by atoms with Crippen molar-refractivity contribution in [1.29, 1.82) is 0 Å². The van der Waals surface area contributed by atoms with Gasteiger partial charge in [-0.3, -0.25) is 14.5 Å². The van der Waals surface area contributed by atoms with Gasteiger partial charge in [-0.1, -0.05) is 0 Å². The number of carbonyl (C=O) groups is 2. The van der Waals surface area contributed by atoms with Gasteiger partial charge >= 0.3 is 5.97 Å². The summed E-state index contributed by atoms with van der Waals surface area (Å²) in [6.07, 6.45) is 0.0950. The van der Waals surface area contributed by atoms with Crippen LogP contribution in [0.25, 0.3) is 11.3 Å². The molecular weight excluding hydrogens is 356 g/mol. The SMILES string of the molecule is COCCc1nc(-c2ccc3c(c2)N(CC(=O)OC)C(=O)C(C)O3)cs1. The van der Waals surface area contributed by atoms with Crippen molar-refractivity contribution in [2.24, 2.45) is 0 Å². The van der Waals surface area contributed by atoms with Crippen molar-refractivity contribution in [2.45, 2.75) is 19.4 Å². The lowest BCUT2D eigenvalue weighted by atomic mass is 10.1. The number of esters is 1. The number of thiazole rings is 1. The Kier molecular flexibility index (Phi) is 5.53. The Bertz CT molecular complexity index is 820. The zero-order valence-corrected chi connectivity index (χ0v) is 15.7. The first-order valence-corrected chi connectivity index (χ1v) is 9.04. The number of rotatable bonds is 6. The number of hydrogen-bond acceptors (Lipinski definition) is 7. The van der Waals surface area contributed by atoms with Crippen molar-refractivity contribution in [3.05, 3.63) is 28.6 Å². The standard InChI is InChI=1S/C18H20N2O5S/c1-11-18(22)20(9-17(21)24-3)14-8-12(4-5-15(14)25-11)13-10-26-16(19-13)6-7-23-2/h4-5,8,10-11H,6-7,9H2,1-3H3. The van der Waals surface area contributed by atoms with Gasteiger partial charge in [-0.2, -0.15) is 0 Å². The molecule has 1 aliphatic heterocycles. The summed E-state index contributed by atoms with van der Waals surface area (Å²) in [7, 11) is 2.96. The van der Waals surface area contributed by atoms with Crippen molar-refractivity contribution in [3.8, 4) is 17.0 Å². The Labute approximate surface area is 155 Å². The first kappa shape index (κ1) is 18.3. The lowest BCUT2D eigenvalue weighted by Crippen LogP contribution is -2.46. The van der Waals surface area contributed by atoms with E-state index in [1.165, 1.54) is 12.0 Å². The van der Waals surface area contributed by atoms with Gasteiger partial charge in [0, 0.05) is 24.5 Å². The van der Waals surface area contributed by atoms with Crippen molar-refractivity contribution >= 4 is 28.9 Å². The van der Waals surface area contributed by atoms with Crippen LogP contribution in [0.2, 0.25) is 0 Å². The fraction of sp³-hybridized carbons (Fsp3) is 0.389. The minimum Gasteiger partial charge on any atom is -0.479 e. The Hall–Kier alpha value is -2.45. The fourth-order valence-corrected chi connectivity index (χ4v) is 3.46. The zero-order valence-electron chi connectivity index (χ0n) is 14.9. The third kappa shape index (κ3) is 3.71. The maximum Gasteiger partial charge on any atom is 0.325 e. The van der Waals surface area contributed by atoms with Crippen LogP contribution in [0.5, 0.6) is 5.75 Å². The number of methoxy groups -OCH3 is 2. The molecule has 7 nitrogen and oxygen atoms in total. The largest absolute Gasteiger partial charge is 0.479 e. The molecule has 1 amide bonds. The Morgan fingerprint density at radius 1 is 1.38 bits per heavy atom. The molecule has 1 aliphatic rings. The van der Waals surface area contributed by atoms with E-state index in [0.29, 0.717) is 18.0 Å². The van der Waals surface area contributed by atoms with E-state index in [9.17, 15) is 9.59 Å². The number of fused-ring (bicyclic) bond motifs is 1. The summed E-state index contributed by atoms with van der Waals surface area (Å²) >= 11 is 1.56. The van der Waals surface area contributed by atoms with Gasteiger partial charge in [0.1, 0.15) is 12.3 Å². The predicted octanol–water partition coefficient (Wildman–Crippen LogP) is 2.29. The first-order chi connectivity index (χ1) is 12.5. The summed E-state index contributed by atoms with van der Waals surface area (Å²) in [5, 5.41) is 2.94. The lowest BCUT2D eigenvalue weighted by molar-refractivity contribution is -0.140. The average molecular weight is 376 g/mol. The number of anilines is 1. The Balaban J connectivity index is 1.93. The maximum atomic E-state index is 12.5. The smallest absolute Gasteiger partial charge is 0.325 e. The van der Waals surface area contributed by atoms with E-state index in [1.54, 1.807) is 31.4 Å². The van der Waals surface area contributed by atoms with Crippen molar-refractivity contribution < 1.29 is 23.8 Å². The Morgan fingerprint density at radius 3 is 2.92 bits per heavy atom. The summed E-state index contributed by atoms with van der Waals surface area (Å²) in [6.45, 7) is 2.12.